The van der Waals surface area contributed by atoms with Crippen LogP contribution in [-0.4, -0.2) is 37.5 Å². The minimum absolute atomic E-state index is 0.395. The van der Waals surface area contributed by atoms with E-state index in [0.717, 1.165) is 51.6 Å². The number of amides is 1. The molecule has 0 bridgehead atoms. The van der Waals surface area contributed by atoms with Gasteiger partial charge in [-0.3, -0.25) is 4.79 Å². The lowest BCUT2D eigenvalue weighted by Gasteiger charge is -2.33. The fourth-order valence-electron chi connectivity index (χ4n) is 4.55. The van der Waals surface area contributed by atoms with Crippen LogP contribution in [0, 0.1) is 16.7 Å². The van der Waals surface area contributed by atoms with Crippen LogP contribution in [0.25, 0.3) is 0 Å². The molecule has 0 aromatic heterocycles. The van der Waals surface area contributed by atoms with Crippen LogP contribution in [0.3, 0.4) is 0 Å². The third kappa shape index (κ3) is 5.13. The molecule has 4 atom stereocenters. The molecule has 144 valence electrons. The van der Waals surface area contributed by atoms with Gasteiger partial charge in [0.25, 0.3) is 0 Å². The number of carbonyl (C=O) groups is 1. The molecular weight excluding hydrogens is 326 g/mol. The summed E-state index contributed by atoms with van der Waals surface area (Å²) in [5, 5.41) is 6.27. The summed E-state index contributed by atoms with van der Waals surface area (Å²) in [6.07, 6.45) is 6.57. The number of hydrogen-bond donors (Lipinski definition) is 1. The van der Waals surface area contributed by atoms with E-state index in [1.54, 1.807) is 0 Å². The molecule has 1 aliphatic heterocycles. The summed E-state index contributed by atoms with van der Waals surface area (Å²) in [4.78, 5) is 24.1. The van der Waals surface area contributed by atoms with Crippen LogP contribution in [0.1, 0.15) is 57.4 Å². The summed E-state index contributed by atoms with van der Waals surface area (Å²) in [6.45, 7) is 6.44. The van der Waals surface area contributed by atoms with Crippen LogP contribution in [0.4, 0.5) is 5.69 Å². The molecule has 1 aliphatic rings. The molecule has 1 amide bonds. The van der Waals surface area contributed by atoms with E-state index in [-0.39, 0.29) is 0 Å². The first-order valence-corrected chi connectivity index (χ1v) is 9.93. The minimum Gasteiger partial charge on any atom is -0.342 e. The van der Waals surface area contributed by atoms with E-state index < -0.39 is 0 Å². The van der Waals surface area contributed by atoms with Gasteiger partial charge in [0.05, 0.1) is 0 Å². The first-order valence-electron chi connectivity index (χ1n) is 9.93. The number of likely N-dealkylation sites (tertiary alicyclic amines) is 1. The highest BCUT2D eigenvalue weighted by atomic mass is 16.3. The maximum atomic E-state index is 11.4. The normalized spacial score (nSPS) is 20.6. The lowest BCUT2D eigenvalue weighted by atomic mass is 9.77. The molecule has 0 spiro atoms. The van der Waals surface area contributed by atoms with Gasteiger partial charge in [-0.25, -0.2) is 0 Å². The van der Waals surface area contributed by atoms with E-state index in [9.17, 15) is 9.70 Å². The van der Waals surface area contributed by atoms with Gasteiger partial charge in [0.1, 0.15) is 5.69 Å². The smallest absolute Gasteiger partial charge is 0.209 e. The molecular formula is C21H33N3O2. The van der Waals surface area contributed by atoms with Crippen molar-refractivity contribution in [1.82, 2.24) is 10.2 Å². The zero-order valence-corrected chi connectivity index (χ0v) is 16.4. The van der Waals surface area contributed by atoms with Crippen molar-refractivity contribution in [3.63, 3.8) is 0 Å². The number of rotatable bonds is 11. The number of nitrogens with one attached hydrogen (secondary N) is 1. The molecule has 0 radical (unpaired) electrons. The summed E-state index contributed by atoms with van der Waals surface area (Å²) in [5.41, 5.74) is 1.75. The summed E-state index contributed by atoms with van der Waals surface area (Å²) >= 11 is 0. The van der Waals surface area contributed by atoms with Crippen molar-refractivity contribution in [2.45, 2.75) is 57.9 Å². The molecule has 1 aromatic carbocycles. The summed E-state index contributed by atoms with van der Waals surface area (Å²) in [6, 6.07) is 8.10. The Balaban J connectivity index is 2.12. The van der Waals surface area contributed by atoms with Crippen LogP contribution in [0.5, 0.6) is 0 Å². The highest BCUT2D eigenvalue weighted by molar-refractivity contribution is 5.48. The Labute approximate surface area is 157 Å². The van der Waals surface area contributed by atoms with Gasteiger partial charge in [-0.05, 0) is 79.9 Å². The van der Waals surface area contributed by atoms with Crippen LogP contribution in [-0.2, 0) is 4.79 Å². The van der Waals surface area contributed by atoms with E-state index in [1.807, 2.05) is 36.2 Å². The highest BCUT2D eigenvalue weighted by Crippen LogP contribution is 2.37. The van der Waals surface area contributed by atoms with Gasteiger partial charge in [0.2, 0.25) is 6.41 Å². The predicted molar refractivity (Wildman–Crippen MR) is 107 cm³/mol. The Hall–Kier alpha value is -1.75. The molecule has 2 rings (SSSR count). The molecule has 0 aliphatic carbocycles. The molecule has 5 nitrogen and oxygen atoms in total. The van der Waals surface area contributed by atoms with Crippen molar-refractivity contribution in [1.29, 1.82) is 0 Å². The third-order valence-electron chi connectivity index (χ3n) is 6.04. The molecule has 0 saturated carbocycles. The van der Waals surface area contributed by atoms with Gasteiger partial charge in [-0.1, -0.05) is 32.4 Å². The Kier molecular flexibility index (Phi) is 8.23. The Bertz CT molecular complexity index is 561. The molecule has 1 aromatic rings. The molecule has 1 heterocycles. The maximum absolute atomic E-state index is 11.4. The zero-order chi connectivity index (χ0) is 18.9. The summed E-state index contributed by atoms with van der Waals surface area (Å²) < 4.78 is 0. The fourth-order valence-corrected chi connectivity index (χ4v) is 4.55. The average molecular weight is 360 g/mol. The van der Waals surface area contributed by atoms with E-state index in [4.69, 9.17) is 0 Å². The van der Waals surface area contributed by atoms with Crippen LogP contribution in [0.2, 0.25) is 0 Å². The second-order valence-electron chi connectivity index (χ2n) is 7.62. The van der Waals surface area contributed by atoms with E-state index in [2.05, 4.69) is 24.3 Å². The molecule has 1 N–H and O–H groups in total. The zero-order valence-electron chi connectivity index (χ0n) is 16.4. The summed E-state index contributed by atoms with van der Waals surface area (Å²) in [5.74, 6) is 1.49. The van der Waals surface area contributed by atoms with Gasteiger partial charge < -0.3 is 10.2 Å². The third-order valence-corrected chi connectivity index (χ3v) is 6.04. The standard InChI is InChI=1S/C21H33N3O2/c1-4-17(21-6-5-13-24(21)15-25)14-16(2)20(11-12-22-3)18-7-9-19(23-26)10-8-18/h7-10,15-17,20-22H,4-6,11-14H2,1-3H3/t16-,17?,20?,21?/m0/s1. The summed E-state index contributed by atoms with van der Waals surface area (Å²) in [7, 11) is 1.98. The van der Waals surface area contributed by atoms with Crippen molar-refractivity contribution in [3.05, 3.63) is 34.7 Å². The Morgan fingerprint density at radius 2 is 2.08 bits per heavy atom. The van der Waals surface area contributed by atoms with Crippen molar-refractivity contribution < 1.29 is 4.79 Å². The minimum atomic E-state index is 0.395. The Morgan fingerprint density at radius 1 is 1.35 bits per heavy atom. The Morgan fingerprint density at radius 3 is 2.65 bits per heavy atom. The predicted octanol–water partition coefficient (Wildman–Crippen LogP) is 4.45. The monoisotopic (exact) mass is 359 g/mol. The number of hydrogen-bond acceptors (Lipinski definition) is 4. The van der Waals surface area contributed by atoms with Gasteiger partial charge in [-0.15, -0.1) is 4.91 Å². The number of nitrogens with zero attached hydrogens (tertiary/aromatic N) is 2. The van der Waals surface area contributed by atoms with Crippen molar-refractivity contribution in [2.75, 3.05) is 20.1 Å². The lowest BCUT2D eigenvalue weighted by molar-refractivity contribution is -0.119. The second kappa shape index (κ2) is 10.4. The quantitative estimate of drug-likeness (QED) is 0.469. The molecule has 1 saturated heterocycles. The number of nitroso groups, excluding NO2 is 1. The SMILES string of the molecule is CCC(C[C@H](C)C(CCNC)c1ccc(N=O)cc1)C1CCCN1C=O. The van der Waals surface area contributed by atoms with Crippen molar-refractivity contribution in [2.24, 2.45) is 17.0 Å². The first kappa shape index (κ1) is 20.6. The first-order chi connectivity index (χ1) is 12.6. The highest BCUT2D eigenvalue weighted by Gasteiger charge is 2.32. The van der Waals surface area contributed by atoms with Gasteiger partial charge in [0, 0.05) is 12.6 Å². The second-order valence-corrected chi connectivity index (χ2v) is 7.62. The molecule has 1 fully saturated rings. The largest absolute Gasteiger partial charge is 0.342 e. The average Bonchev–Trinajstić information content (AvgIpc) is 3.15. The van der Waals surface area contributed by atoms with Gasteiger partial charge >= 0.3 is 0 Å². The van der Waals surface area contributed by atoms with Gasteiger partial charge in [0.15, 0.2) is 0 Å². The lowest BCUT2D eigenvalue weighted by Crippen LogP contribution is -2.35. The van der Waals surface area contributed by atoms with Crippen molar-refractivity contribution >= 4 is 12.1 Å². The fraction of sp³-hybridized carbons (Fsp3) is 0.667. The van der Waals surface area contributed by atoms with E-state index >= 15 is 0 Å². The van der Waals surface area contributed by atoms with Crippen LogP contribution in [0.15, 0.2) is 29.4 Å². The van der Waals surface area contributed by atoms with E-state index in [0.29, 0.717) is 29.5 Å². The molecule has 3 unspecified atom stereocenters. The molecule has 26 heavy (non-hydrogen) atoms. The van der Waals surface area contributed by atoms with Crippen LogP contribution >= 0.6 is 0 Å². The van der Waals surface area contributed by atoms with Crippen molar-refractivity contribution in [3.8, 4) is 0 Å². The van der Waals surface area contributed by atoms with Gasteiger partial charge in [-0.2, -0.15) is 0 Å². The van der Waals surface area contributed by atoms with Crippen LogP contribution < -0.4 is 5.32 Å². The topological polar surface area (TPSA) is 61.8 Å². The number of carbonyl (C=O) groups excluding carboxylic acids is 1. The molecule has 5 heteroatoms. The van der Waals surface area contributed by atoms with E-state index in [1.165, 1.54) is 5.56 Å². The number of benzene rings is 1. The maximum Gasteiger partial charge on any atom is 0.209 e.